The Hall–Kier alpha value is -1.65. The van der Waals surface area contributed by atoms with E-state index in [2.05, 4.69) is 5.32 Å². The van der Waals surface area contributed by atoms with Crippen LogP contribution in [0.2, 0.25) is 0 Å². The van der Waals surface area contributed by atoms with E-state index < -0.39 is 26.7 Å². The summed E-state index contributed by atoms with van der Waals surface area (Å²) >= 11 is 0. The lowest BCUT2D eigenvalue weighted by molar-refractivity contribution is -0.140. The molecule has 2 fully saturated rings. The maximum atomic E-state index is 13.2. The molecule has 6 nitrogen and oxygen atoms in total. The Labute approximate surface area is 162 Å². The van der Waals surface area contributed by atoms with Gasteiger partial charge >= 0.3 is 6.18 Å². The molecule has 10 heteroatoms. The first-order valence-electron chi connectivity index (χ1n) is 9.27. The second-order valence-corrected chi connectivity index (χ2v) is 9.27. The molecule has 1 amide bonds. The predicted octanol–water partition coefficient (Wildman–Crippen LogP) is 1.93. The fourth-order valence-corrected chi connectivity index (χ4v) is 5.04. The summed E-state index contributed by atoms with van der Waals surface area (Å²) in [5.41, 5.74) is -1.16. The highest BCUT2D eigenvalue weighted by atomic mass is 32.2. The van der Waals surface area contributed by atoms with Crippen molar-refractivity contribution in [3.8, 4) is 0 Å². The Kier molecular flexibility index (Phi) is 6.02. The molecule has 0 unspecified atom stereocenters. The first-order chi connectivity index (χ1) is 13.1. The number of halogens is 3. The van der Waals surface area contributed by atoms with E-state index in [9.17, 15) is 26.4 Å². The van der Waals surface area contributed by atoms with E-state index in [1.54, 1.807) is 0 Å². The fourth-order valence-electron chi connectivity index (χ4n) is 3.41. The van der Waals surface area contributed by atoms with Crippen LogP contribution < -0.4 is 5.32 Å². The van der Waals surface area contributed by atoms with E-state index in [1.807, 2.05) is 11.8 Å². The van der Waals surface area contributed by atoms with Gasteiger partial charge < -0.3 is 5.32 Å². The molecular weight excluding hydrogens is 395 g/mol. The van der Waals surface area contributed by atoms with Crippen molar-refractivity contribution < 1.29 is 26.4 Å². The molecule has 0 radical (unpaired) electrons. The largest absolute Gasteiger partial charge is 0.417 e. The minimum absolute atomic E-state index is 0.0417. The van der Waals surface area contributed by atoms with Crippen LogP contribution in [0, 0.1) is 5.92 Å². The van der Waals surface area contributed by atoms with E-state index >= 15 is 0 Å². The summed E-state index contributed by atoms with van der Waals surface area (Å²) < 4.78 is 66.1. The van der Waals surface area contributed by atoms with Crippen molar-refractivity contribution in [1.29, 1.82) is 0 Å². The van der Waals surface area contributed by atoms with Crippen molar-refractivity contribution in [2.75, 3.05) is 32.7 Å². The van der Waals surface area contributed by atoms with Crippen molar-refractivity contribution in [3.05, 3.63) is 29.8 Å². The molecule has 0 spiro atoms. The number of rotatable bonds is 6. The second kappa shape index (κ2) is 8.00. The molecule has 0 bridgehead atoms. The van der Waals surface area contributed by atoms with Crippen molar-refractivity contribution in [3.63, 3.8) is 0 Å². The maximum Gasteiger partial charge on any atom is 0.417 e. The summed E-state index contributed by atoms with van der Waals surface area (Å²) in [6.45, 7) is 2.79. The zero-order valence-electron chi connectivity index (χ0n) is 15.6. The molecule has 1 heterocycles. The molecule has 3 rings (SSSR count). The average Bonchev–Trinajstić information content (AvgIpc) is 3.46. The lowest BCUT2D eigenvalue weighted by Crippen LogP contribution is -2.51. The Balaban J connectivity index is 1.60. The topological polar surface area (TPSA) is 69.7 Å². The highest BCUT2D eigenvalue weighted by molar-refractivity contribution is 7.89. The number of nitrogens with one attached hydrogen (secondary N) is 1. The number of amides is 1. The number of alkyl halides is 3. The van der Waals surface area contributed by atoms with Gasteiger partial charge in [-0.2, -0.15) is 17.5 Å². The molecule has 1 saturated carbocycles. The highest BCUT2D eigenvalue weighted by Gasteiger charge is 2.39. The molecule has 0 aromatic heterocycles. The van der Waals surface area contributed by atoms with Gasteiger partial charge in [0.1, 0.15) is 0 Å². The number of carbonyl (C=O) groups is 1. The number of benzene rings is 1. The van der Waals surface area contributed by atoms with Gasteiger partial charge in [-0.25, -0.2) is 8.42 Å². The quantitative estimate of drug-likeness (QED) is 0.765. The van der Waals surface area contributed by atoms with Gasteiger partial charge in [0.15, 0.2) is 0 Å². The van der Waals surface area contributed by atoms with Crippen LogP contribution in [-0.4, -0.2) is 62.3 Å². The van der Waals surface area contributed by atoms with Gasteiger partial charge in [-0.3, -0.25) is 9.69 Å². The van der Waals surface area contributed by atoms with Crippen LogP contribution in [0.25, 0.3) is 0 Å². The minimum atomic E-state index is -4.75. The van der Waals surface area contributed by atoms with Crippen LogP contribution in [0.1, 0.15) is 25.3 Å². The van der Waals surface area contributed by atoms with E-state index in [1.165, 1.54) is 12.1 Å². The molecule has 28 heavy (non-hydrogen) atoms. The molecular formula is C18H24F3N3O3S. The lowest BCUT2D eigenvalue weighted by Gasteiger charge is -2.34. The van der Waals surface area contributed by atoms with E-state index in [4.69, 9.17) is 0 Å². The second-order valence-electron chi connectivity index (χ2n) is 7.37. The van der Waals surface area contributed by atoms with Gasteiger partial charge in [-0.05, 0) is 37.8 Å². The molecule has 2 aliphatic rings. The van der Waals surface area contributed by atoms with Gasteiger partial charge in [0.25, 0.3) is 0 Å². The smallest absolute Gasteiger partial charge is 0.352 e. The molecule has 1 N–H and O–H groups in total. The van der Waals surface area contributed by atoms with Crippen LogP contribution in [0.4, 0.5) is 13.2 Å². The van der Waals surface area contributed by atoms with Gasteiger partial charge in [0.05, 0.1) is 17.0 Å². The van der Waals surface area contributed by atoms with Crippen LogP contribution in [0.15, 0.2) is 29.2 Å². The normalized spacial score (nSPS) is 20.7. The van der Waals surface area contributed by atoms with Crippen LogP contribution >= 0.6 is 0 Å². The van der Waals surface area contributed by atoms with E-state index in [0.717, 1.165) is 29.3 Å². The number of carbonyl (C=O) groups excluding carboxylic acids is 1. The van der Waals surface area contributed by atoms with E-state index in [-0.39, 0.29) is 31.6 Å². The third-order valence-corrected chi connectivity index (χ3v) is 7.18. The summed E-state index contributed by atoms with van der Waals surface area (Å²) in [6.07, 6.45) is -2.50. The molecule has 156 valence electrons. The minimum Gasteiger partial charge on any atom is -0.352 e. The lowest BCUT2D eigenvalue weighted by atomic mass is 10.2. The zero-order valence-corrected chi connectivity index (χ0v) is 16.4. The maximum absolute atomic E-state index is 13.2. The number of sulfonamides is 1. The Bertz CT molecular complexity index is 817. The number of piperazine rings is 1. The third kappa shape index (κ3) is 4.84. The summed E-state index contributed by atoms with van der Waals surface area (Å²) in [5, 5.41) is 2.94. The van der Waals surface area contributed by atoms with E-state index in [0.29, 0.717) is 19.0 Å². The van der Waals surface area contributed by atoms with Crippen molar-refractivity contribution >= 4 is 15.9 Å². The Morgan fingerprint density at radius 3 is 2.36 bits per heavy atom. The summed E-state index contributed by atoms with van der Waals surface area (Å²) in [6, 6.07) is 4.34. The Morgan fingerprint density at radius 1 is 1.18 bits per heavy atom. The van der Waals surface area contributed by atoms with Crippen LogP contribution in [0.5, 0.6) is 0 Å². The highest BCUT2D eigenvalue weighted by Crippen LogP contribution is 2.35. The van der Waals surface area contributed by atoms with Gasteiger partial charge in [-0.15, -0.1) is 0 Å². The molecule has 1 aromatic rings. The van der Waals surface area contributed by atoms with Crippen molar-refractivity contribution in [1.82, 2.24) is 14.5 Å². The van der Waals surface area contributed by atoms with Crippen molar-refractivity contribution in [2.24, 2.45) is 5.92 Å². The Morgan fingerprint density at radius 2 is 1.79 bits per heavy atom. The molecule has 1 aliphatic heterocycles. The number of nitrogens with zero attached hydrogens (tertiary/aromatic N) is 2. The van der Waals surface area contributed by atoms with Gasteiger partial charge in [0.2, 0.25) is 15.9 Å². The average molecular weight is 419 g/mol. The summed E-state index contributed by atoms with van der Waals surface area (Å²) in [5.74, 6) is 0.428. The standard InChI is InChI=1S/C18H24F3N3O3S/c1-13(14-6-7-14)22-17(25)12-23-8-10-24(11-9-23)28(26,27)16-5-3-2-4-15(16)18(19,20)21/h2-5,13-14H,6-12H2,1H3,(H,22,25)/t13-/m1/s1. The van der Waals surface area contributed by atoms with Crippen LogP contribution in [-0.2, 0) is 21.0 Å². The molecule has 1 aliphatic carbocycles. The third-order valence-electron chi connectivity index (χ3n) is 5.23. The first kappa shape index (κ1) is 21.1. The van der Waals surface area contributed by atoms with Gasteiger partial charge in [-0.1, -0.05) is 12.1 Å². The SMILES string of the molecule is C[C@@H](NC(=O)CN1CCN(S(=O)(=O)c2ccccc2C(F)(F)F)CC1)C1CC1. The van der Waals surface area contributed by atoms with Crippen molar-refractivity contribution in [2.45, 2.75) is 36.9 Å². The summed E-state index contributed by atoms with van der Waals surface area (Å²) in [4.78, 5) is 13.2. The molecule has 1 saturated heterocycles. The number of hydrogen-bond donors (Lipinski definition) is 1. The monoisotopic (exact) mass is 419 g/mol. The summed E-state index contributed by atoms with van der Waals surface area (Å²) in [7, 11) is -4.26. The van der Waals surface area contributed by atoms with Crippen LogP contribution in [0.3, 0.4) is 0 Å². The zero-order chi connectivity index (χ0) is 20.5. The predicted molar refractivity (Wildman–Crippen MR) is 97.0 cm³/mol. The fraction of sp³-hybridized carbons (Fsp3) is 0.611. The number of hydrogen-bond acceptors (Lipinski definition) is 4. The molecule has 1 aromatic carbocycles. The first-order valence-corrected chi connectivity index (χ1v) is 10.7. The molecule has 1 atom stereocenters. The van der Waals surface area contributed by atoms with Gasteiger partial charge in [0, 0.05) is 32.2 Å².